The molecule has 86 valence electrons. The second-order valence-electron chi connectivity index (χ2n) is 3.95. The molecule has 0 radical (unpaired) electrons. The Morgan fingerprint density at radius 1 is 1.44 bits per heavy atom. The highest BCUT2D eigenvalue weighted by atomic mass is 16.5. The maximum Gasteiger partial charge on any atom is 0.207 e. The first kappa shape index (κ1) is 11.1. The highest BCUT2D eigenvalue weighted by Crippen LogP contribution is 2.30. The number of hydrogen-bond acceptors (Lipinski definition) is 3. The third-order valence-electron chi connectivity index (χ3n) is 2.84. The van der Waals surface area contributed by atoms with Gasteiger partial charge in [-0.15, -0.1) is 0 Å². The third-order valence-corrected chi connectivity index (χ3v) is 2.84. The summed E-state index contributed by atoms with van der Waals surface area (Å²) in [7, 11) is 1.68. The van der Waals surface area contributed by atoms with Gasteiger partial charge in [0.15, 0.2) is 6.10 Å². The van der Waals surface area contributed by atoms with Crippen LogP contribution in [0, 0.1) is 0 Å². The Hall–Kier alpha value is -1.35. The largest absolute Gasteiger partial charge is 0.482 e. The zero-order valence-corrected chi connectivity index (χ0v) is 9.66. The third kappa shape index (κ3) is 1.95. The zero-order chi connectivity index (χ0) is 11.5. The molecule has 0 aromatic heterocycles. The van der Waals surface area contributed by atoms with Crippen LogP contribution < -0.4 is 4.74 Å². The summed E-state index contributed by atoms with van der Waals surface area (Å²) in [6, 6.07) is 5.80. The Kier molecular flexibility index (Phi) is 3.25. The number of benzene rings is 1. The van der Waals surface area contributed by atoms with Gasteiger partial charge in [-0.1, -0.05) is 13.0 Å². The number of carbonyl (C=O) groups is 1. The van der Waals surface area contributed by atoms with Gasteiger partial charge in [-0.05, 0) is 30.5 Å². The molecule has 1 aromatic carbocycles. The minimum atomic E-state index is -0.285. The van der Waals surface area contributed by atoms with Crippen LogP contribution in [0.15, 0.2) is 18.2 Å². The first-order valence-corrected chi connectivity index (χ1v) is 5.59. The maximum atomic E-state index is 11.9. The van der Waals surface area contributed by atoms with E-state index >= 15 is 0 Å². The van der Waals surface area contributed by atoms with Crippen molar-refractivity contribution >= 4 is 5.78 Å². The van der Waals surface area contributed by atoms with E-state index in [1.807, 2.05) is 25.1 Å². The number of hydrogen-bond donors (Lipinski definition) is 0. The molecule has 1 heterocycles. The van der Waals surface area contributed by atoms with E-state index in [0.29, 0.717) is 6.61 Å². The lowest BCUT2D eigenvalue weighted by Crippen LogP contribution is -2.18. The fourth-order valence-corrected chi connectivity index (χ4v) is 1.90. The van der Waals surface area contributed by atoms with Crippen molar-refractivity contribution in [1.82, 2.24) is 0 Å². The van der Waals surface area contributed by atoms with Gasteiger partial charge in [0, 0.05) is 7.11 Å². The Morgan fingerprint density at radius 3 is 2.94 bits per heavy atom. The minimum Gasteiger partial charge on any atom is -0.482 e. The zero-order valence-electron chi connectivity index (χ0n) is 9.66. The van der Waals surface area contributed by atoms with Crippen LogP contribution in [0.5, 0.6) is 5.75 Å². The van der Waals surface area contributed by atoms with Gasteiger partial charge in [-0.2, -0.15) is 0 Å². The summed E-state index contributed by atoms with van der Waals surface area (Å²) < 4.78 is 10.6. The van der Waals surface area contributed by atoms with Gasteiger partial charge in [0.05, 0.1) is 12.2 Å². The van der Waals surface area contributed by atoms with E-state index < -0.39 is 0 Å². The summed E-state index contributed by atoms with van der Waals surface area (Å²) in [6.45, 7) is 2.63. The van der Waals surface area contributed by atoms with E-state index in [0.717, 1.165) is 29.7 Å². The quantitative estimate of drug-likeness (QED) is 0.780. The Morgan fingerprint density at radius 2 is 2.25 bits per heavy atom. The molecule has 1 atom stereocenters. The van der Waals surface area contributed by atoms with Gasteiger partial charge in [0.25, 0.3) is 0 Å². The summed E-state index contributed by atoms with van der Waals surface area (Å²) in [6.07, 6.45) is 1.27. The molecule has 0 saturated carbocycles. The SMILES string of the molecule is CCC1Oc2ccc(CCOC)cc2C1=O. The number of ketones is 1. The average Bonchev–Trinajstić information content (AvgIpc) is 2.63. The Bertz CT molecular complexity index is 398. The second-order valence-corrected chi connectivity index (χ2v) is 3.95. The van der Waals surface area contributed by atoms with Crippen molar-refractivity contribution < 1.29 is 14.3 Å². The molecular weight excluding hydrogens is 204 g/mol. The topological polar surface area (TPSA) is 35.5 Å². The van der Waals surface area contributed by atoms with Crippen LogP contribution in [0.1, 0.15) is 29.3 Å². The van der Waals surface area contributed by atoms with Crippen LogP contribution in [0.3, 0.4) is 0 Å². The fourth-order valence-electron chi connectivity index (χ4n) is 1.90. The molecule has 0 bridgehead atoms. The van der Waals surface area contributed by atoms with Crippen molar-refractivity contribution in [3.63, 3.8) is 0 Å². The Labute approximate surface area is 95.4 Å². The molecule has 1 unspecified atom stereocenters. The monoisotopic (exact) mass is 220 g/mol. The van der Waals surface area contributed by atoms with Crippen molar-refractivity contribution in [2.75, 3.05) is 13.7 Å². The van der Waals surface area contributed by atoms with Gasteiger partial charge in [-0.25, -0.2) is 0 Å². The molecule has 16 heavy (non-hydrogen) atoms. The van der Waals surface area contributed by atoms with E-state index in [2.05, 4.69) is 0 Å². The number of ether oxygens (including phenoxy) is 2. The van der Waals surface area contributed by atoms with E-state index in [1.165, 1.54) is 0 Å². The van der Waals surface area contributed by atoms with Crippen LogP contribution in [0.4, 0.5) is 0 Å². The molecule has 0 spiro atoms. The molecule has 2 rings (SSSR count). The molecule has 0 N–H and O–H groups in total. The Balaban J connectivity index is 2.21. The molecule has 0 amide bonds. The number of Topliss-reactive ketones (excluding diaryl/α,β-unsaturated/α-hetero) is 1. The normalized spacial score (nSPS) is 18.4. The molecule has 0 saturated heterocycles. The molecule has 0 fully saturated rings. The van der Waals surface area contributed by atoms with Crippen molar-refractivity contribution in [1.29, 1.82) is 0 Å². The first-order valence-electron chi connectivity index (χ1n) is 5.59. The summed E-state index contributed by atoms with van der Waals surface area (Å²) >= 11 is 0. The maximum absolute atomic E-state index is 11.9. The van der Waals surface area contributed by atoms with Crippen molar-refractivity contribution in [3.05, 3.63) is 29.3 Å². The van der Waals surface area contributed by atoms with Gasteiger partial charge in [0.2, 0.25) is 5.78 Å². The number of fused-ring (bicyclic) bond motifs is 1. The summed E-state index contributed by atoms with van der Waals surface area (Å²) in [5.41, 5.74) is 1.84. The molecule has 1 aromatic rings. The smallest absolute Gasteiger partial charge is 0.207 e. The first-order chi connectivity index (χ1) is 7.76. The van der Waals surface area contributed by atoms with Gasteiger partial charge in [0.1, 0.15) is 5.75 Å². The predicted octanol–water partition coefficient (Wildman–Crippen LogP) is 2.23. The van der Waals surface area contributed by atoms with Gasteiger partial charge < -0.3 is 9.47 Å². The van der Waals surface area contributed by atoms with Gasteiger partial charge >= 0.3 is 0 Å². The second kappa shape index (κ2) is 4.66. The lowest BCUT2D eigenvalue weighted by atomic mass is 10.0. The number of carbonyl (C=O) groups excluding carboxylic acids is 1. The summed E-state index contributed by atoms with van der Waals surface area (Å²) in [5, 5.41) is 0. The molecule has 0 aliphatic carbocycles. The van der Waals surface area contributed by atoms with E-state index in [-0.39, 0.29) is 11.9 Å². The highest BCUT2D eigenvalue weighted by Gasteiger charge is 2.30. The lowest BCUT2D eigenvalue weighted by Gasteiger charge is -2.04. The lowest BCUT2D eigenvalue weighted by molar-refractivity contribution is 0.0853. The van der Waals surface area contributed by atoms with Crippen LogP contribution >= 0.6 is 0 Å². The van der Waals surface area contributed by atoms with Crippen LogP contribution in [0.25, 0.3) is 0 Å². The molecule has 3 nitrogen and oxygen atoms in total. The summed E-state index contributed by atoms with van der Waals surface area (Å²) in [4.78, 5) is 11.9. The average molecular weight is 220 g/mol. The number of methoxy groups -OCH3 is 1. The molecule has 1 aliphatic heterocycles. The number of rotatable bonds is 4. The van der Waals surface area contributed by atoms with E-state index in [9.17, 15) is 4.79 Å². The van der Waals surface area contributed by atoms with E-state index in [4.69, 9.17) is 9.47 Å². The molecule has 3 heteroatoms. The molecular formula is C13H16O3. The fraction of sp³-hybridized carbons (Fsp3) is 0.462. The highest BCUT2D eigenvalue weighted by molar-refractivity contribution is 6.04. The predicted molar refractivity (Wildman–Crippen MR) is 61.1 cm³/mol. The van der Waals surface area contributed by atoms with Gasteiger partial charge in [-0.3, -0.25) is 4.79 Å². The van der Waals surface area contributed by atoms with Crippen molar-refractivity contribution in [2.24, 2.45) is 0 Å². The van der Waals surface area contributed by atoms with E-state index in [1.54, 1.807) is 7.11 Å². The summed E-state index contributed by atoms with van der Waals surface area (Å²) in [5.74, 6) is 0.829. The van der Waals surface area contributed by atoms with Crippen LogP contribution in [0.2, 0.25) is 0 Å². The van der Waals surface area contributed by atoms with Crippen LogP contribution in [-0.4, -0.2) is 25.6 Å². The molecule has 1 aliphatic rings. The standard InChI is InChI=1S/C13H16O3/c1-3-11-13(14)10-8-9(6-7-15-2)4-5-12(10)16-11/h4-5,8,11H,3,6-7H2,1-2H3. The van der Waals surface area contributed by atoms with Crippen molar-refractivity contribution in [3.8, 4) is 5.75 Å². The van der Waals surface area contributed by atoms with Crippen molar-refractivity contribution in [2.45, 2.75) is 25.9 Å². The minimum absolute atomic E-state index is 0.108. The van der Waals surface area contributed by atoms with Crippen LogP contribution in [-0.2, 0) is 11.2 Å².